The summed E-state index contributed by atoms with van der Waals surface area (Å²) in [6.07, 6.45) is 4.96. The fourth-order valence-corrected chi connectivity index (χ4v) is 5.57. The van der Waals surface area contributed by atoms with Gasteiger partial charge in [0.15, 0.2) is 0 Å². The van der Waals surface area contributed by atoms with Crippen molar-refractivity contribution in [3.05, 3.63) is 42.5 Å². The van der Waals surface area contributed by atoms with Crippen molar-refractivity contribution in [2.24, 2.45) is 0 Å². The Morgan fingerprint density at radius 3 is 2.21 bits per heavy atom. The third kappa shape index (κ3) is 8.70. The molecule has 0 bridgehead atoms. The Hall–Kier alpha value is -1.42. The van der Waals surface area contributed by atoms with Gasteiger partial charge in [-0.25, -0.2) is 8.42 Å². The molecule has 9 heteroatoms. The van der Waals surface area contributed by atoms with Crippen LogP contribution in [-0.2, 0) is 20.9 Å². The summed E-state index contributed by atoms with van der Waals surface area (Å²) in [5, 5.41) is 0. The molecule has 33 heavy (non-hydrogen) atoms. The number of unbranched alkanes of at least 4 members (excludes halogenated alkanes) is 3. The summed E-state index contributed by atoms with van der Waals surface area (Å²) < 4.78 is 71.2. The van der Waals surface area contributed by atoms with Crippen LogP contribution in [0.5, 0.6) is 0 Å². The summed E-state index contributed by atoms with van der Waals surface area (Å²) in [5.41, 5.74) is -0.859. The number of halogens is 3. The monoisotopic (exact) mass is 490 g/mol. The first-order valence-corrected chi connectivity index (χ1v) is 13.1. The largest absolute Gasteiger partial charge is 0.416 e. The van der Waals surface area contributed by atoms with E-state index in [-0.39, 0.29) is 17.0 Å². The molecule has 0 aromatic heterocycles. The molecule has 1 aliphatic rings. The Labute approximate surface area is 196 Å². The smallest absolute Gasteiger partial charge is 0.378 e. The highest BCUT2D eigenvalue weighted by Gasteiger charge is 2.34. The average molecular weight is 491 g/mol. The van der Waals surface area contributed by atoms with Crippen molar-refractivity contribution in [1.82, 2.24) is 9.21 Å². The molecule has 0 radical (unpaired) electrons. The van der Waals surface area contributed by atoms with Crippen LogP contribution >= 0.6 is 0 Å². The minimum Gasteiger partial charge on any atom is -0.378 e. The Morgan fingerprint density at radius 2 is 1.64 bits per heavy atom. The zero-order chi connectivity index (χ0) is 24.5. The van der Waals surface area contributed by atoms with Gasteiger partial charge in [0.1, 0.15) is 0 Å². The van der Waals surface area contributed by atoms with Crippen LogP contribution in [0.15, 0.2) is 41.8 Å². The predicted octanol–water partition coefficient (Wildman–Crippen LogP) is 5.33. The highest BCUT2D eigenvalue weighted by Crippen LogP contribution is 2.32. The number of rotatable bonds is 13. The molecule has 0 amide bonds. The lowest BCUT2D eigenvalue weighted by Gasteiger charge is -2.34. The van der Waals surface area contributed by atoms with Gasteiger partial charge in [-0.1, -0.05) is 18.9 Å². The Balaban J connectivity index is 1.70. The SMILES string of the molecule is C=CCN(C)CCCCCCOC1CCC(N(C)S(=O)(=O)c2ccc(C(F)(F)F)cc2)CC1. The second-order valence-electron chi connectivity index (χ2n) is 8.81. The van der Waals surface area contributed by atoms with Gasteiger partial charge < -0.3 is 9.64 Å². The Bertz CT molecular complexity index is 820. The molecule has 1 saturated carbocycles. The van der Waals surface area contributed by atoms with Gasteiger partial charge >= 0.3 is 6.18 Å². The number of benzene rings is 1. The van der Waals surface area contributed by atoms with Crippen LogP contribution in [0.3, 0.4) is 0 Å². The van der Waals surface area contributed by atoms with Crippen molar-refractivity contribution in [3.8, 4) is 0 Å². The van der Waals surface area contributed by atoms with Crippen LogP contribution in [0, 0.1) is 0 Å². The molecule has 0 unspecified atom stereocenters. The van der Waals surface area contributed by atoms with Gasteiger partial charge in [-0.3, -0.25) is 0 Å². The van der Waals surface area contributed by atoms with E-state index in [1.54, 1.807) is 0 Å². The minimum absolute atomic E-state index is 0.118. The van der Waals surface area contributed by atoms with Crippen molar-refractivity contribution >= 4 is 10.0 Å². The molecule has 1 fully saturated rings. The first kappa shape index (κ1) is 27.8. The molecule has 1 aromatic rings. The maximum atomic E-state index is 12.9. The van der Waals surface area contributed by atoms with E-state index in [2.05, 4.69) is 18.5 Å². The van der Waals surface area contributed by atoms with Crippen molar-refractivity contribution < 1.29 is 26.3 Å². The van der Waals surface area contributed by atoms with Crippen molar-refractivity contribution in [2.75, 3.05) is 33.8 Å². The van der Waals surface area contributed by atoms with E-state index in [1.807, 2.05) is 6.08 Å². The van der Waals surface area contributed by atoms with Gasteiger partial charge in [0.05, 0.1) is 16.6 Å². The maximum absolute atomic E-state index is 12.9. The van der Waals surface area contributed by atoms with Crippen LogP contribution in [0.1, 0.15) is 56.9 Å². The fraction of sp³-hybridized carbons (Fsp3) is 0.667. The molecular weight excluding hydrogens is 453 g/mol. The molecular formula is C24H37F3N2O3S. The molecule has 188 valence electrons. The van der Waals surface area contributed by atoms with Crippen LogP contribution in [0.4, 0.5) is 13.2 Å². The topological polar surface area (TPSA) is 49.9 Å². The number of hydrogen-bond acceptors (Lipinski definition) is 4. The highest BCUT2D eigenvalue weighted by atomic mass is 32.2. The number of likely N-dealkylation sites (N-methyl/N-ethyl adjacent to an activating group) is 1. The summed E-state index contributed by atoms with van der Waals surface area (Å²) in [6, 6.07) is 3.50. The number of ether oxygens (including phenoxy) is 1. The molecule has 2 rings (SSSR count). The van der Waals surface area contributed by atoms with Crippen molar-refractivity contribution in [2.45, 2.75) is 74.6 Å². The zero-order valence-electron chi connectivity index (χ0n) is 19.7. The molecule has 0 aliphatic heterocycles. The lowest BCUT2D eigenvalue weighted by molar-refractivity contribution is -0.137. The molecule has 0 atom stereocenters. The summed E-state index contributed by atoms with van der Waals surface area (Å²) in [7, 11) is -0.246. The van der Waals surface area contributed by atoms with E-state index in [1.165, 1.54) is 17.8 Å². The number of alkyl halides is 3. The number of nitrogens with zero attached hydrogens (tertiary/aromatic N) is 2. The first-order chi connectivity index (χ1) is 15.6. The van der Waals surface area contributed by atoms with Gasteiger partial charge in [-0.15, -0.1) is 6.58 Å². The van der Waals surface area contributed by atoms with Gasteiger partial charge in [0.25, 0.3) is 0 Å². The van der Waals surface area contributed by atoms with E-state index in [0.717, 1.165) is 76.1 Å². The molecule has 0 saturated heterocycles. The third-order valence-electron chi connectivity index (χ3n) is 6.25. The second kappa shape index (κ2) is 12.9. The van der Waals surface area contributed by atoms with Crippen molar-refractivity contribution in [1.29, 1.82) is 0 Å². The first-order valence-electron chi connectivity index (χ1n) is 11.6. The summed E-state index contributed by atoms with van der Waals surface area (Å²) in [4.78, 5) is 2.13. The molecule has 0 heterocycles. The van der Waals surface area contributed by atoms with Gasteiger partial charge in [-0.2, -0.15) is 17.5 Å². The third-order valence-corrected chi connectivity index (χ3v) is 8.17. The van der Waals surface area contributed by atoms with Gasteiger partial charge in [0.2, 0.25) is 10.0 Å². The zero-order valence-corrected chi connectivity index (χ0v) is 20.5. The quantitative estimate of drug-likeness (QED) is 0.277. The lowest BCUT2D eigenvalue weighted by atomic mass is 9.93. The molecule has 1 aliphatic carbocycles. The van der Waals surface area contributed by atoms with Crippen LogP contribution in [-0.4, -0.2) is 63.6 Å². The standard InChI is InChI=1S/C24H37F3N2O3S/c1-4-17-28(2)18-7-5-6-8-19-32-22-13-11-21(12-14-22)29(3)33(30,31)23-15-9-20(10-16-23)24(25,26)27/h4,9-10,15-16,21-22H,1,5-8,11-14,17-19H2,2-3H3. The second-order valence-corrected chi connectivity index (χ2v) is 10.8. The van der Waals surface area contributed by atoms with E-state index in [0.29, 0.717) is 12.8 Å². The van der Waals surface area contributed by atoms with Gasteiger partial charge in [-0.05, 0) is 76.4 Å². The van der Waals surface area contributed by atoms with Crippen LogP contribution in [0.2, 0.25) is 0 Å². The van der Waals surface area contributed by atoms with E-state index < -0.39 is 21.8 Å². The fourth-order valence-electron chi connectivity index (χ4n) is 4.15. The highest BCUT2D eigenvalue weighted by molar-refractivity contribution is 7.89. The summed E-state index contributed by atoms with van der Waals surface area (Å²) in [5.74, 6) is 0. The van der Waals surface area contributed by atoms with Gasteiger partial charge in [0, 0.05) is 26.2 Å². The molecule has 1 aromatic carbocycles. The molecule has 0 N–H and O–H groups in total. The Morgan fingerprint density at radius 1 is 1.03 bits per heavy atom. The van der Waals surface area contributed by atoms with Crippen molar-refractivity contribution in [3.63, 3.8) is 0 Å². The maximum Gasteiger partial charge on any atom is 0.416 e. The average Bonchev–Trinajstić information content (AvgIpc) is 2.78. The normalized spacial score (nSPS) is 19.8. The summed E-state index contributed by atoms with van der Waals surface area (Å²) >= 11 is 0. The predicted molar refractivity (Wildman–Crippen MR) is 125 cm³/mol. The van der Waals surface area contributed by atoms with E-state index in [9.17, 15) is 21.6 Å². The number of sulfonamides is 1. The molecule has 5 nitrogen and oxygen atoms in total. The molecule has 0 spiro atoms. The number of hydrogen-bond donors (Lipinski definition) is 0. The van der Waals surface area contributed by atoms with E-state index in [4.69, 9.17) is 4.74 Å². The lowest BCUT2D eigenvalue weighted by Crippen LogP contribution is -2.40. The minimum atomic E-state index is -4.49. The van der Waals surface area contributed by atoms with Crippen LogP contribution in [0.25, 0.3) is 0 Å². The summed E-state index contributed by atoms with van der Waals surface area (Å²) in [6.45, 7) is 6.44. The Kier molecular flexibility index (Phi) is 10.9. The van der Waals surface area contributed by atoms with E-state index >= 15 is 0 Å². The van der Waals surface area contributed by atoms with Crippen LogP contribution < -0.4 is 0 Å².